The van der Waals surface area contributed by atoms with Crippen LogP contribution in [0.3, 0.4) is 0 Å². The van der Waals surface area contributed by atoms with Gasteiger partial charge >= 0.3 is 0 Å². The number of aromatic nitrogens is 2. The zero-order valence-corrected chi connectivity index (χ0v) is 7.47. The Bertz CT molecular complexity index is 474. The monoisotopic (exact) mass is 193 g/mol. The van der Waals surface area contributed by atoms with Gasteiger partial charge in [0.05, 0.1) is 11.3 Å². The molecule has 0 spiro atoms. The summed E-state index contributed by atoms with van der Waals surface area (Å²) in [6.07, 6.45) is 1.58. The molecule has 0 fully saturated rings. The fourth-order valence-electron chi connectivity index (χ4n) is 1.03. The van der Waals surface area contributed by atoms with Gasteiger partial charge in [-0.05, 0) is 12.1 Å². The number of H-pyrrole nitrogens is 1. The predicted octanol–water partition coefficient (Wildman–Crippen LogP) is 1.08. The van der Waals surface area contributed by atoms with Crippen LogP contribution in [-0.4, -0.2) is 9.97 Å². The zero-order chi connectivity index (χ0) is 9.26. The van der Waals surface area contributed by atoms with Gasteiger partial charge in [0.25, 0.3) is 5.56 Å². The molecular formula is C8H7N3OS. The highest BCUT2D eigenvalue weighted by molar-refractivity contribution is 7.13. The first-order valence-corrected chi connectivity index (χ1v) is 4.54. The number of rotatable bonds is 1. The van der Waals surface area contributed by atoms with Gasteiger partial charge in [0.15, 0.2) is 5.13 Å². The summed E-state index contributed by atoms with van der Waals surface area (Å²) in [7, 11) is 0. The lowest BCUT2D eigenvalue weighted by Gasteiger charge is -1.92. The van der Waals surface area contributed by atoms with E-state index < -0.39 is 0 Å². The number of nitrogen functional groups attached to an aromatic ring is 1. The number of nitrogens with two attached hydrogens (primary N) is 1. The standard InChI is InChI=1S/C8H7N3OS/c9-8-11-6(4-13-8)5-2-1-3-10-7(5)12/h1-4H,(H2,9,11)(H,10,12). The minimum atomic E-state index is -0.146. The first-order chi connectivity index (χ1) is 6.27. The number of nitrogens with zero attached hydrogens (tertiary/aromatic N) is 1. The van der Waals surface area contributed by atoms with Crippen molar-refractivity contribution in [2.24, 2.45) is 0 Å². The van der Waals surface area contributed by atoms with Crippen LogP contribution >= 0.6 is 11.3 Å². The molecule has 0 unspecified atom stereocenters. The molecule has 4 nitrogen and oxygen atoms in total. The third kappa shape index (κ3) is 1.46. The summed E-state index contributed by atoms with van der Waals surface area (Å²) in [4.78, 5) is 17.9. The predicted molar refractivity (Wildman–Crippen MR) is 52.6 cm³/mol. The van der Waals surface area contributed by atoms with Crippen molar-refractivity contribution < 1.29 is 0 Å². The number of nitrogens with one attached hydrogen (secondary N) is 1. The van der Waals surface area contributed by atoms with Gasteiger partial charge in [-0.2, -0.15) is 0 Å². The summed E-state index contributed by atoms with van der Waals surface area (Å²) < 4.78 is 0. The molecule has 13 heavy (non-hydrogen) atoms. The molecule has 0 aliphatic heterocycles. The van der Waals surface area contributed by atoms with Crippen molar-refractivity contribution in [1.29, 1.82) is 0 Å². The zero-order valence-electron chi connectivity index (χ0n) is 6.65. The van der Waals surface area contributed by atoms with Gasteiger partial charge in [0.1, 0.15) is 0 Å². The Morgan fingerprint density at radius 3 is 3.00 bits per heavy atom. The molecule has 0 saturated heterocycles. The van der Waals surface area contributed by atoms with Gasteiger partial charge in [-0.1, -0.05) is 0 Å². The number of anilines is 1. The molecule has 0 aliphatic rings. The Labute approximate surface area is 78.1 Å². The summed E-state index contributed by atoms with van der Waals surface area (Å²) >= 11 is 1.32. The van der Waals surface area contributed by atoms with Crippen LogP contribution in [0.25, 0.3) is 11.3 Å². The molecule has 2 aromatic rings. The van der Waals surface area contributed by atoms with Crippen LogP contribution in [0.2, 0.25) is 0 Å². The van der Waals surface area contributed by atoms with Gasteiger partial charge in [0.2, 0.25) is 0 Å². The summed E-state index contributed by atoms with van der Waals surface area (Å²) in [6.45, 7) is 0. The Morgan fingerprint density at radius 1 is 1.54 bits per heavy atom. The Kier molecular flexibility index (Phi) is 1.86. The minimum Gasteiger partial charge on any atom is -0.375 e. The van der Waals surface area contributed by atoms with Crippen LogP contribution in [-0.2, 0) is 0 Å². The van der Waals surface area contributed by atoms with E-state index in [1.165, 1.54) is 11.3 Å². The van der Waals surface area contributed by atoms with Gasteiger partial charge < -0.3 is 10.7 Å². The molecule has 0 amide bonds. The van der Waals surface area contributed by atoms with E-state index in [1.807, 2.05) is 0 Å². The van der Waals surface area contributed by atoms with Crippen LogP contribution in [0.1, 0.15) is 0 Å². The van der Waals surface area contributed by atoms with Crippen molar-refractivity contribution >= 4 is 16.5 Å². The maximum atomic E-state index is 11.3. The van der Waals surface area contributed by atoms with E-state index in [1.54, 1.807) is 23.7 Å². The summed E-state index contributed by atoms with van der Waals surface area (Å²) in [5, 5.41) is 2.23. The molecule has 0 atom stereocenters. The topological polar surface area (TPSA) is 71.8 Å². The molecule has 0 bridgehead atoms. The summed E-state index contributed by atoms with van der Waals surface area (Å²) in [5.41, 5.74) is 6.50. The lowest BCUT2D eigenvalue weighted by molar-refractivity contribution is 1.23. The fraction of sp³-hybridized carbons (Fsp3) is 0. The molecule has 3 N–H and O–H groups in total. The fourth-order valence-corrected chi connectivity index (χ4v) is 1.60. The average Bonchev–Trinajstić information content (AvgIpc) is 2.53. The van der Waals surface area contributed by atoms with Crippen LogP contribution in [0.5, 0.6) is 0 Å². The van der Waals surface area contributed by atoms with E-state index in [-0.39, 0.29) is 5.56 Å². The molecule has 2 aromatic heterocycles. The minimum absolute atomic E-state index is 0.146. The number of hydrogen-bond acceptors (Lipinski definition) is 4. The molecule has 0 aliphatic carbocycles. The van der Waals surface area contributed by atoms with Crippen molar-refractivity contribution in [3.8, 4) is 11.3 Å². The second-order valence-electron chi connectivity index (χ2n) is 2.48. The largest absolute Gasteiger partial charge is 0.375 e. The van der Waals surface area contributed by atoms with Crippen LogP contribution in [0.15, 0.2) is 28.5 Å². The lowest BCUT2D eigenvalue weighted by Crippen LogP contribution is -2.06. The second-order valence-corrected chi connectivity index (χ2v) is 3.37. The number of hydrogen-bond donors (Lipinski definition) is 2. The third-order valence-electron chi connectivity index (χ3n) is 1.62. The first kappa shape index (κ1) is 8.00. The Hall–Kier alpha value is -1.62. The maximum absolute atomic E-state index is 11.3. The molecule has 0 saturated carbocycles. The SMILES string of the molecule is Nc1nc(-c2ccc[nH]c2=O)cs1. The normalized spacial score (nSPS) is 10.2. The molecule has 66 valence electrons. The van der Waals surface area contributed by atoms with Gasteiger partial charge in [0, 0.05) is 11.6 Å². The smallest absolute Gasteiger partial charge is 0.257 e. The van der Waals surface area contributed by atoms with Gasteiger partial charge in [-0.25, -0.2) is 4.98 Å². The van der Waals surface area contributed by atoms with E-state index in [0.717, 1.165) is 0 Å². The number of pyridine rings is 1. The lowest BCUT2D eigenvalue weighted by atomic mass is 10.2. The summed E-state index contributed by atoms with van der Waals surface area (Å²) in [6, 6.07) is 3.47. The van der Waals surface area contributed by atoms with E-state index >= 15 is 0 Å². The van der Waals surface area contributed by atoms with Crippen LogP contribution < -0.4 is 11.3 Å². The van der Waals surface area contributed by atoms with Crippen molar-refractivity contribution in [2.75, 3.05) is 5.73 Å². The van der Waals surface area contributed by atoms with Gasteiger partial charge in [-0.3, -0.25) is 4.79 Å². The van der Waals surface area contributed by atoms with E-state index in [0.29, 0.717) is 16.4 Å². The number of aromatic amines is 1. The molecule has 5 heteroatoms. The number of thiazole rings is 1. The summed E-state index contributed by atoms with van der Waals surface area (Å²) in [5.74, 6) is 0. The Morgan fingerprint density at radius 2 is 2.38 bits per heavy atom. The average molecular weight is 193 g/mol. The highest BCUT2D eigenvalue weighted by Gasteiger charge is 2.04. The molecule has 2 heterocycles. The van der Waals surface area contributed by atoms with Crippen molar-refractivity contribution in [3.63, 3.8) is 0 Å². The van der Waals surface area contributed by atoms with Crippen molar-refractivity contribution in [1.82, 2.24) is 9.97 Å². The molecule has 0 radical (unpaired) electrons. The maximum Gasteiger partial charge on any atom is 0.257 e. The van der Waals surface area contributed by atoms with E-state index in [9.17, 15) is 4.79 Å². The highest BCUT2D eigenvalue weighted by Crippen LogP contribution is 2.19. The first-order valence-electron chi connectivity index (χ1n) is 3.66. The van der Waals surface area contributed by atoms with Crippen LogP contribution in [0.4, 0.5) is 5.13 Å². The second kappa shape index (κ2) is 3.02. The highest BCUT2D eigenvalue weighted by atomic mass is 32.1. The molecular weight excluding hydrogens is 186 g/mol. The molecule has 0 aromatic carbocycles. The van der Waals surface area contributed by atoms with Crippen LogP contribution in [0, 0.1) is 0 Å². The third-order valence-corrected chi connectivity index (χ3v) is 2.29. The van der Waals surface area contributed by atoms with E-state index in [2.05, 4.69) is 9.97 Å². The quantitative estimate of drug-likeness (QED) is 0.711. The molecule has 2 rings (SSSR count). The van der Waals surface area contributed by atoms with E-state index in [4.69, 9.17) is 5.73 Å². The van der Waals surface area contributed by atoms with Gasteiger partial charge in [-0.15, -0.1) is 11.3 Å². The van der Waals surface area contributed by atoms with Crippen molar-refractivity contribution in [2.45, 2.75) is 0 Å². The van der Waals surface area contributed by atoms with Crippen molar-refractivity contribution in [3.05, 3.63) is 34.1 Å². The Balaban J connectivity index is 2.59.